The molecule has 1 aromatic carbocycles. The summed E-state index contributed by atoms with van der Waals surface area (Å²) in [7, 11) is 0. The molecule has 0 aromatic heterocycles. The molecule has 7 heteroatoms. The SMILES string of the molecule is CC(=O)C1CCC2C3CCC4=CC(=NOCC(=O)NC(C(=O)O)c5ccccc5)CCC4(C)C3CCC12C. The third-order valence-corrected chi connectivity index (χ3v) is 10.5. The first-order valence-corrected chi connectivity index (χ1v) is 14.1. The van der Waals surface area contributed by atoms with E-state index in [1.54, 1.807) is 37.3 Å². The summed E-state index contributed by atoms with van der Waals surface area (Å²) in [4.78, 5) is 41.8. The van der Waals surface area contributed by atoms with Gasteiger partial charge >= 0.3 is 5.97 Å². The van der Waals surface area contributed by atoms with Gasteiger partial charge in [-0.2, -0.15) is 0 Å². The Kier molecular flexibility index (Phi) is 7.23. The van der Waals surface area contributed by atoms with Crippen molar-refractivity contribution in [1.29, 1.82) is 0 Å². The number of carbonyl (C=O) groups excluding carboxylic acids is 2. The van der Waals surface area contributed by atoms with Gasteiger partial charge in [-0.05, 0) is 98.5 Å². The van der Waals surface area contributed by atoms with Gasteiger partial charge in [-0.3, -0.25) is 9.59 Å². The van der Waals surface area contributed by atoms with Crippen LogP contribution in [0.15, 0.2) is 47.1 Å². The number of nitrogens with one attached hydrogen (secondary N) is 1. The molecule has 0 aliphatic heterocycles. The molecule has 0 bridgehead atoms. The first-order valence-electron chi connectivity index (χ1n) is 14.1. The first kappa shape index (κ1) is 26.6. The minimum atomic E-state index is -1.13. The second-order valence-electron chi connectivity index (χ2n) is 12.4. The first-order chi connectivity index (χ1) is 18.1. The predicted octanol–water partition coefficient (Wildman–Crippen LogP) is 5.47. The van der Waals surface area contributed by atoms with Gasteiger partial charge in [0, 0.05) is 5.92 Å². The number of fused-ring (bicyclic) bond motifs is 5. The van der Waals surface area contributed by atoms with Crippen LogP contribution in [0.25, 0.3) is 0 Å². The molecule has 7 unspecified atom stereocenters. The lowest BCUT2D eigenvalue weighted by molar-refractivity contribution is -0.142. The van der Waals surface area contributed by atoms with Crippen LogP contribution in [-0.4, -0.2) is 35.1 Å². The van der Waals surface area contributed by atoms with Gasteiger partial charge in [-0.25, -0.2) is 4.79 Å². The van der Waals surface area contributed by atoms with Crippen molar-refractivity contribution in [2.45, 2.75) is 78.2 Å². The maximum Gasteiger partial charge on any atom is 0.330 e. The zero-order valence-corrected chi connectivity index (χ0v) is 22.7. The number of carboxylic acids is 1. The Morgan fingerprint density at radius 3 is 2.53 bits per heavy atom. The van der Waals surface area contributed by atoms with Crippen LogP contribution < -0.4 is 5.32 Å². The van der Waals surface area contributed by atoms with Gasteiger partial charge in [-0.1, -0.05) is 54.9 Å². The highest BCUT2D eigenvalue weighted by Gasteiger charge is 2.59. The zero-order chi connectivity index (χ0) is 27.1. The van der Waals surface area contributed by atoms with E-state index in [2.05, 4.69) is 30.4 Å². The van der Waals surface area contributed by atoms with Crippen molar-refractivity contribution in [3.05, 3.63) is 47.5 Å². The molecule has 2 N–H and O–H groups in total. The lowest BCUT2D eigenvalue weighted by Crippen LogP contribution is -2.51. The summed E-state index contributed by atoms with van der Waals surface area (Å²) < 4.78 is 0. The van der Waals surface area contributed by atoms with E-state index in [-0.39, 0.29) is 23.4 Å². The standard InChI is InChI=1S/C31H40N2O5/c1-19(34)24-11-12-25-23-10-9-21-17-22(13-15-30(21,2)26(23)14-16-31(24,25)3)33-38-18-27(35)32-28(29(36)37)20-7-5-4-6-8-20/h4-8,17,23-26,28H,9-16,18H2,1-3H3,(H,32,35)(H,36,37). The molecule has 3 fully saturated rings. The number of nitrogens with zero attached hydrogens (tertiary/aromatic N) is 1. The highest BCUT2D eigenvalue weighted by molar-refractivity contribution is 5.96. The predicted molar refractivity (Wildman–Crippen MR) is 144 cm³/mol. The van der Waals surface area contributed by atoms with Crippen molar-refractivity contribution in [2.24, 2.45) is 39.7 Å². The van der Waals surface area contributed by atoms with Gasteiger partial charge in [0.25, 0.3) is 5.91 Å². The number of aliphatic carboxylic acids is 1. The molecule has 0 saturated heterocycles. The summed E-state index contributed by atoms with van der Waals surface area (Å²) in [6.45, 7) is 6.27. The number of allylic oxidation sites excluding steroid dienone is 2. The highest BCUT2D eigenvalue weighted by Crippen LogP contribution is 2.66. The fourth-order valence-corrected chi connectivity index (χ4v) is 8.62. The normalized spacial score (nSPS) is 35.8. The van der Waals surface area contributed by atoms with Gasteiger partial charge in [0.1, 0.15) is 5.78 Å². The monoisotopic (exact) mass is 520 g/mol. The summed E-state index contributed by atoms with van der Waals surface area (Å²) in [6.07, 6.45) is 10.8. The van der Waals surface area contributed by atoms with E-state index in [0.29, 0.717) is 29.1 Å². The van der Waals surface area contributed by atoms with Gasteiger partial charge in [0.15, 0.2) is 12.6 Å². The average Bonchev–Trinajstić information content (AvgIpc) is 3.25. The zero-order valence-electron chi connectivity index (χ0n) is 22.7. The van der Waals surface area contributed by atoms with Crippen LogP contribution in [0.4, 0.5) is 0 Å². The lowest BCUT2D eigenvalue weighted by Gasteiger charge is -2.58. The molecule has 5 rings (SSSR count). The van der Waals surface area contributed by atoms with Gasteiger partial charge in [0.05, 0.1) is 5.71 Å². The Morgan fingerprint density at radius 2 is 1.82 bits per heavy atom. The lowest BCUT2D eigenvalue weighted by atomic mass is 9.46. The van der Waals surface area contributed by atoms with Gasteiger partial charge < -0.3 is 15.3 Å². The maximum atomic E-state index is 12.4. The fraction of sp³-hybridized carbons (Fsp3) is 0.613. The van der Waals surface area contributed by atoms with Crippen molar-refractivity contribution < 1.29 is 24.3 Å². The summed E-state index contributed by atoms with van der Waals surface area (Å²) in [6, 6.07) is 7.47. The number of carbonyl (C=O) groups is 3. The Morgan fingerprint density at radius 1 is 1.05 bits per heavy atom. The van der Waals surface area contributed by atoms with Gasteiger partial charge in [-0.15, -0.1) is 0 Å². The minimum Gasteiger partial charge on any atom is -0.479 e. The van der Waals surface area contributed by atoms with Crippen LogP contribution in [0, 0.1) is 34.5 Å². The fourth-order valence-electron chi connectivity index (χ4n) is 8.62. The van der Waals surface area contributed by atoms with E-state index >= 15 is 0 Å². The van der Waals surface area contributed by atoms with Crippen molar-refractivity contribution in [3.8, 4) is 0 Å². The topological polar surface area (TPSA) is 105 Å². The molecule has 3 saturated carbocycles. The second kappa shape index (κ2) is 10.3. The second-order valence-corrected chi connectivity index (χ2v) is 12.4. The van der Waals surface area contributed by atoms with Crippen molar-refractivity contribution in [1.82, 2.24) is 5.32 Å². The number of rotatable bonds is 7. The molecule has 0 heterocycles. The average molecular weight is 521 g/mol. The number of ketones is 1. The van der Waals surface area contributed by atoms with E-state index in [1.807, 2.05) is 0 Å². The van der Waals surface area contributed by atoms with Crippen molar-refractivity contribution in [3.63, 3.8) is 0 Å². The molecule has 38 heavy (non-hydrogen) atoms. The Hall–Kier alpha value is -2.96. The number of oxime groups is 1. The third kappa shape index (κ3) is 4.69. The molecule has 0 spiro atoms. The Bertz CT molecular complexity index is 1160. The largest absolute Gasteiger partial charge is 0.479 e. The number of carboxylic acid groups (broad SMARTS) is 1. The van der Waals surface area contributed by atoms with E-state index in [0.717, 1.165) is 37.8 Å². The number of amides is 1. The van der Waals surface area contributed by atoms with Crippen LogP contribution in [0.2, 0.25) is 0 Å². The smallest absolute Gasteiger partial charge is 0.330 e. The molecule has 4 aliphatic rings. The van der Waals surface area contributed by atoms with E-state index in [4.69, 9.17) is 4.84 Å². The summed E-state index contributed by atoms with van der Waals surface area (Å²) in [5.41, 5.74) is 3.11. The Labute approximate surface area is 225 Å². The van der Waals surface area contributed by atoms with Crippen molar-refractivity contribution in [2.75, 3.05) is 6.61 Å². The molecule has 7 atom stereocenters. The van der Waals surface area contributed by atoms with E-state index < -0.39 is 17.9 Å². The van der Waals surface area contributed by atoms with Gasteiger partial charge in [0.2, 0.25) is 0 Å². The Balaban J connectivity index is 1.22. The third-order valence-electron chi connectivity index (χ3n) is 10.5. The number of benzene rings is 1. The van der Waals surface area contributed by atoms with Crippen LogP contribution in [0.5, 0.6) is 0 Å². The van der Waals surface area contributed by atoms with E-state index in [9.17, 15) is 19.5 Å². The van der Waals surface area contributed by atoms with Crippen LogP contribution in [0.3, 0.4) is 0 Å². The van der Waals surface area contributed by atoms with E-state index in [1.165, 1.54) is 24.8 Å². The molecular formula is C31H40N2O5. The summed E-state index contributed by atoms with van der Waals surface area (Å²) in [5, 5.41) is 16.3. The molecule has 1 aromatic rings. The molecule has 204 valence electrons. The quantitative estimate of drug-likeness (QED) is 0.464. The summed E-state index contributed by atoms with van der Waals surface area (Å²) >= 11 is 0. The van der Waals surface area contributed by atoms with Crippen LogP contribution in [-0.2, 0) is 19.2 Å². The summed E-state index contributed by atoms with van der Waals surface area (Å²) in [5.74, 6) is 0.940. The van der Waals surface area contributed by atoms with Crippen LogP contribution >= 0.6 is 0 Å². The molecule has 7 nitrogen and oxygen atoms in total. The van der Waals surface area contributed by atoms with Crippen molar-refractivity contribution >= 4 is 23.4 Å². The molecule has 0 radical (unpaired) electrons. The maximum absolute atomic E-state index is 12.4. The molecular weight excluding hydrogens is 480 g/mol. The number of Topliss-reactive ketones (excluding diaryl/α,β-unsaturated/α-hetero) is 1. The number of hydrogen-bond donors (Lipinski definition) is 2. The van der Waals surface area contributed by atoms with Crippen LogP contribution in [0.1, 0.15) is 83.7 Å². The highest BCUT2D eigenvalue weighted by atomic mass is 16.6. The number of hydrogen-bond acceptors (Lipinski definition) is 5. The minimum absolute atomic E-state index is 0.152. The molecule has 1 amide bonds. The molecule has 4 aliphatic carbocycles.